The molecule has 2 aromatic carbocycles. The lowest BCUT2D eigenvalue weighted by molar-refractivity contribution is 0.0686. The van der Waals surface area contributed by atoms with Gasteiger partial charge in [0, 0.05) is 29.2 Å². The highest BCUT2D eigenvalue weighted by Crippen LogP contribution is 2.36. The highest BCUT2D eigenvalue weighted by molar-refractivity contribution is 7.99. The lowest BCUT2D eigenvalue weighted by Crippen LogP contribution is -2.21. The molecule has 160 valence electrons. The van der Waals surface area contributed by atoms with Crippen LogP contribution in [-0.4, -0.2) is 32.9 Å². The summed E-state index contributed by atoms with van der Waals surface area (Å²) >= 11 is 1.18. The zero-order valence-electron chi connectivity index (χ0n) is 16.9. The summed E-state index contributed by atoms with van der Waals surface area (Å²) in [6, 6.07) is 17.2. The van der Waals surface area contributed by atoms with Crippen LogP contribution in [0, 0.1) is 11.3 Å². The zero-order valence-corrected chi connectivity index (χ0v) is 17.7. The van der Waals surface area contributed by atoms with Crippen LogP contribution in [-0.2, 0) is 6.54 Å². The number of carbonyl (C=O) groups is 1. The Bertz CT molecular complexity index is 1320. The van der Waals surface area contributed by atoms with E-state index in [1.165, 1.54) is 11.8 Å². The van der Waals surface area contributed by atoms with Crippen molar-refractivity contribution in [1.82, 2.24) is 14.8 Å². The third kappa shape index (κ3) is 3.92. The summed E-state index contributed by atoms with van der Waals surface area (Å²) in [7, 11) is 0. The molecule has 3 heterocycles. The summed E-state index contributed by atoms with van der Waals surface area (Å²) in [4.78, 5) is 12.9. The summed E-state index contributed by atoms with van der Waals surface area (Å²) in [5.74, 6) is 1.71. The molecule has 0 fully saturated rings. The monoisotopic (exact) mass is 446 g/mol. The number of para-hydroxylation sites is 3. The van der Waals surface area contributed by atoms with Crippen molar-refractivity contribution >= 4 is 28.4 Å². The molecule has 0 amide bonds. The number of thioether (sulfide) groups is 1. The maximum atomic E-state index is 12.9. The molecule has 1 aliphatic rings. The molecule has 0 saturated carbocycles. The fourth-order valence-electron chi connectivity index (χ4n) is 3.58. The molecule has 0 bridgehead atoms. The van der Waals surface area contributed by atoms with Gasteiger partial charge in [0.15, 0.2) is 17.3 Å². The van der Waals surface area contributed by atoms with Crippen LogP contribution in [0.1, 0.15) is 28.8 Å². The van der Waals surface area contributed by atoms with Gasteiger partial charge in [0.2, 0.25) is 6.10 Å². The van der Waals surface area contributed by atoms with Gasteiger partial charge in [-0.25, -0.2) is 0 Å². The van der Waals surface area contributed by atoms with Gasteiger partial charge in [-0.05, 0) is 18.2 Å². The lowest BCUT2D eigenvalue weighted by Gasteiger charge is -2.23. The minimum atomic E-state index is -0.499. The number of ketones is 1. The largest absolute Gasteiger partial charge is 0.485 e. The Morgan fingerprint density at radius 2 is 1.97 bits per heavy atom. The predicted octanol–water partition coefficient (Wildman–Crippen LogP) is 4.43. The molecule has 5 rings (SSSR count). The normalized spacial score (nSPS) is 14.9. The number of Topliss-reactive ketones (excluding diaryl/α,β-unsaturated/α-hetero) is 1. The number of hydrogen-bond acceptors (Lipinski definition) is 8. The fourth-order valence-corrected chi connectivity index (χ4v) is 4.23. The molecule has 1 unspecified atom stereocenters. The van der Waals surface area contributed by atoms with Gasteiger partial charge in [0.1, 0.15) is 6.61 Å². The average molecular weight is 446 g/mol. The third-order valence-electron chi connectivity index (χ3n) is 5.09. The first kappa shape index (κ1) is 20.2. The molecular formula is C23H18N4O4S. The second-order valence-electron chi connectivity index (χ2n) is 7.14. The van der Waals surface area contributed by atoms with Crippen molar-refractivity contribution in [3.8, 4) is 17.6 Å². The average Bonchev–Trinajstić information content (AvgIpc) is 3.46. The smallest absolute Gasteiger partial charge is 0.277 e. The van der Waals surface area contributed by atoms with Crippen LogP contribution >= 0.6 is 11.8 Å². The Morgan fingerprint density at radius 3 is 2.84 bits per heavy atom. The van der Waals surface area contributed by atoms with Gasteiger partial charge in [0.25, 0.3) is 11.1 Å². The number of rotatable bonds is 7. The van der Waals surface area contributed by atoms with E-state index in [4.69, 9.17) is 19.2 Å². The maximum absolute atomic E-state index is 12.9. The maximum Gasteiger partial charge on any atom is 0.277 e. The molecular weight excluding hydrogens is 428 g/mol. The van der Waals surface area contributed by atoms with Crippen LogP contribution in [0.5, 0.6) is 11.5 Å². The molecule has 0 aliphatic carbocycles. The summed E-state index contributed by atoms with van der Waals surface area (Å²) in [6.07, 6.45) is 1.69. The minimum Gasteiger partial charge on any atom is -0.485 e. The quantitative estimate of drug-likeness (QED) is 0.303. The zero-order chi connectivity index (χ0) is 21.9. The number of carbonyl (C=O) groups excluding carboxylic acids is 1. The van der Waals surface area contributed by atoms with E-state index in [2.05, 4.69) is 16.3 Å². The van der Waals surface area contributed by atoms with Crippen LogP contribution in [0.3, 0.4) is 0 Å². The standard InChI is InChI=1S/C23H18N4O4S/c24-10-5-11-27-12-16(15-6-1-2-7-17(15)27)18(28)14-32-23-26-25-22(31-23)21-13-29-19-8-3-4-9-20(19)30-21/h1-4,6-9,12,21H,5,11,13-14H2. The molecule has 0 radical (unpaired) electrons. The van der Waals surface area contributed by atoms with Crippen molar-refractivity contribution in [1.29, 1.82) is 5.26 Å². The SMILES string of the molecule is N#CCCn1cc(C(=O)CSc2nnc(C3COc4ccccc4O3)o2)c2ccccc21. The van der Waals surface area contributed by atoms with Crippen LogP contribution in [0.15, 0.2) is 64.4 Å². The summed E-state index contributed by atoms with van der Waals surface area (Å²) in [5.41, 5.74) is 1.55. The van der Waals surface area contributed by atoms with Crippen LogP contribution < -0.4 is 9.47 Å². The molecule has 0 spiro atoms. The number of hydrogen-bond donors (Lipinski definition) is 0. The Morgan fingerprint density at radius 1 is 1.16 bits per heavy atom. The summed E-state index contributed by atoms with van der Waals surface area (Å²) in [6.45, 7) is 0.807. The van der Waals surface area contributed by atoms with Crippen molar-refractivity contribution in [2.75, 3.05) is 12.4 Å². The Hall–Kier alpha value is -3.77. The van der Waals surface area contributed by atoms with E-state index in [0.717, 1.165) is 10.9 Å². The van der Waals surface area contributed by atoms with E-state index in [0.29, 0.717) is 41.1 Å². The molecule has 32 heavy (non-hydrogen) atoms. The van der Waals surface area contributed by atoms with Crippen molar-refractivity contribution in [3.05, 3.63) is 66.2 Å². The Labute approximate surface area is 187 Å². The Balaban J connectivity index is 1.27. The number of fused-ring (bicyclic) bond motifs is 2. The number of nitrogens with zero attached hydrogens (tertiary/aromatic N) is 4. The topological polar surface area (TPSA) is 103 Å². The van der Waals surface area contributed by atoms with Crippen molar-refractivity contribution in [2.24, 2.45) is 0 Å². The number of aromatic nitrogens is 3. The molecule has 8 nitrogen and oxygen atoms in total. The van der Waals surface area contributed by atoms with Gasteiger partial charge >= 0.3 is 0 Å². The molecule has 1 aliphatic heterocycles. The number of aryl methyl sites for hydroxylation is 1. The second kappa shape index (κ2) is 8.77. The molecule has 9 heteroatoms. The van der Waals surface area contributed by atoms with Gasteiger partial charge in [0.05, 0.1) is 18.2 Å². The van der Waals surface area contributed by atoms with Crippen molar-refractivity contribution in [2.45, 2.75) is 24.3 Å². The number of nitriles is 1. The number of benzene rings is 2. The second-order valence-corrected chi connectivity index (χ2v) is 8.07. The molecule has 0 saturated heterocycles. The van der Waals surface area contributed by atoms with Crippen LogP contribution in [0.25, 0.3) is 10.9 Å². The van der Waals surface area contributed by atoms with E-state index >= 15 is 0 Å². The van der Waals surface area contributed by atoms with E-state index in [9.17, 15) is 4.79 Å². The van der Waals surface area contributed by atoms with E-state index < -0.39 is 6.10 Å². The third-order valence-corrected chi connectivity index (χ3v) is 5.90. The first-order chi connectivity index (χ1) is 15.7. The van der Waals surface area contributed by atoms with Gasteiger partial charge in [-0.2, -0.15) is 5.26 Å². The van der Waals surface area contributed by atoms with E-state index in [-0.39, 0.29) is 18.1 Å². The molecule has 4 aromatic rings. The Kier molecular flexibility index (Phi) is 5.52. The van der Waals surface area contributed by atoms with Gasteiger partial charge < -0.3 is 18.5 Å². The number of ether oxygens (including phenoxy) is 2. The molecule has 2 aromatic heterocycles. The molecule has 1 atom stereocenters. The van der Waals surface area contributed by atoms with Crippen LogP contribution in [0.4, 0.5) is 0 Å². The minimum absolute atomic E-state index is 0.0483. The van der Waals surface area contributed by atoms with E-state index in [1.54, 1.807) is 0 Å². The fraction of sp³-hybridized carbons (Fsp3) is 0.217. The summed E-state index contributed by atoms with van der Waals surface area (Å²) in [5, 5.41) is 18.2. The highest BCUT2D eigenvalue weighted by Gasteiger charge is 2.27. The first-order valence-corrected chi connectivity index (χ1v) is 11.0. The lowest BCUT2D eigenvalue weighted by atomic mass is 10.1. The molecule has 0 N–H and O–H groups in total. The van der Waals surface area contributed by atoms with Gasteiger partial charge in [-0.1, -0.05) is 42.1 Å². The van der Waals surface area contributed by atoms with Crippen molar-refractivity contribution < 1.29 is 18.7 Å². The van der Waals surface area contributed by atoms with Gasteiger partial charge in [-0.3, -0.25) is 4.79 Å². The van der Waals surface area contributed by atoms with Crippen molar-refractivity contribution in [3.63, 3.8) is 0 Å². The highest BCUT2D eigenvalue weighted by atomic mass is 32.2. The summed E-state index contributed by atoms with van der Waals surface area (Å²) < 4.78 is 19.2. The first-order valence-electron chi connectivity index (χ1n) is 10.1. The predicted molar refractivity (Wildman–Crippen MR) is 117 cm³/mol. The van der Waals surface area contributed by atoms with Crippen LogP contribution in [0.2, 0.25) is 0 Å². The van der Waals surface area contributed by atoms with Gasteiger partial charge in [-0.15, -0.1) is 10.2 Å². The van der Waals surface area contributed by atoms with E-state index in [1.807, 2.05) is 59.3 Å².